The van der Waals surface area contributed by atoms with E-state index in [4.69, 9.17) is 23.7 Å². The quantitative estimate of drug-likeness (QED) is 0.0953. The van der Waals surface area contributed by atoms with Crippen LogP contribution in [-0.4, -0.2) is 65.1 Å². The highest BCUT2D eigenvalue weighted by Crippen LogP contribution is 2.18. The molecule has 1 atom stereocenters. The van der Waals surface area contributed by atoms with Gasteiger partial charge in [-0.3, -0.25) is 4.79 Å². The Morgan fingerprint density at radius 1 is 0.537 bits per heavy atom. The molecule has 1 N–H and O–H groups in total. The SMILES string of the molecule is CC(C)Cc1ccc(OC(C)F)nc1.CCOc1ncc(CC(C)C)cc1F.COc1ccc(CC(C)C)cn1.COc1ccc(NC(=O)C(C)C)cn1.COc1ncc(CC(C)C)cc1F. The minimum Gasteiger partial charge on any atom is -0.481 e. The highest BCUT2D eigenvalue weighted by Gasteiger charge is 2.09. The molecule has 15 heteroatoms. The molecule has 0 fully saturated rings. The number of methoxy groups -OCH3 is 3. The summed E-state index contributed by atoms with van der Waals surface area (Å²) in [5.41, 5.74) is 4.93. The number of nitrogens with zero attached hydrogens (tertiary/aromatic N) is 5. The van der Waals surface area contributed by atoms with E-state index in [1.54, 1.807) is 57.2 Å². The third-order valence-corrected chi connectivity index (χ3v) is 8.60. The lowest BCUT2D eigenvalue weighted by Crippen LogP contribution is -2.17. The third kappa shape index (κ3) is 26.7. The van der Waals surface area contributed by atoms with Crippen LogP contribution in [0.3, 0.4) is 0 Å². The van der Waals surface area contributed by atoms with Crippen molar-refractivity contribution in [1.82, 2.24) is 24.9 Å². The minimum atomic E-state index is -1.31. The van der Waals surface area contributed by atoms with E-state index in [0.29, 0.717) is 53.6 Å². The number of carbonyl (C=O) groups is 1. The summed E-state index contributed by atoms with van der Waals surface area (Å²) in [5, 5.41) is 2.74. The first-order chi connectivity index (χ1) is 31.7. The number of ether oxygens (including phenoxy) is 5. The number of hydrogen-bond donors (Lipinski definition) is 1. The largest absolute Gasteiger partial charge is 0.481 e. The van der Waals surface area contributed by atoms with Crippen LogP contribution in [0.15, 0.2) is 79.5 Å². The Morgan fingerprint density at radius 3 is 1.27 bits per heavy atom. The van der Waals surface area contributed by atoms with Crippen LogP contribution in [0.25, 0.3) is 0 Å². The topological polar surface area (TPSA) is 140 Å². The standard InChI is InChI=1S/2C11H16FNO.C10H14FNO.C10H14N2O2.C10H15NO/c1-8(2)6-10-4-5-11(13-7-10)14-9(3)12;1-4-14-11-10(12)6-9(7-13-11)5-8(2)3;1-7(2)4-8-5-9(11)10(13-3)12-6-8;1-7(2)10(13)12-8-4-5-9(14-3)11-6-8;1-8(2)6-9-4-5-10(12-3)11-7-9/h4-5,7-9H,6H2,1-3H3;6-8H,4-5H2,1-3H3;5-7H,4H2,1-3H3;4-7H,1-3H3,(H,12,13);4-5,7-8H,6H2,1-3H3. The van der Waals surface area contributed by atoms with Crippen LogP contribution >= 0.6 is 0 Å². The van der Waals surface area contributed by atoms with Crippen molar-refractivity contribution in [2.75, 3.05) is 33.3 Å². The summed E-state index contributed by atoms with van der Waals surface area (Å²) >= 11 is 0. The lowest BCUT2D eigenvalue weighted by molar-refractivity contribution is -0.118. The van der Waals surface area contributed by atoms with E-state index in [1.807, 2.05) is 39.1 Å². The number of anilines is 1. The minimum absolute atomic E-state index is 0.0167. The molecule has 0 saturated heterocycles. The van der Waals surface area contributed by atoms with E-state index in [2.05, 4.69) is 91.7 Å². The third-order valence-electron chi connectivity index (χ3n) is 8.60. The van der Waals surface area contributed by atoms with Crippen molar-refractivity contribution in [2.24, 2.45) is 29.6 Å². The van der Waals surface area contributed by atoms with Gasteiger partial charge in [-0.2, -0.15) is 0 Å². The highest BCUT2D eigenvalue weighted by atomic mass is 19.1. The summed E-state index contributed by atoms with van der Waals surface area (Å²) < 4.78 is 63.2. The average molecular weight is 937 g/mol. The molecule has 0 aliphatic rings. The van der Waals surface area contributed by atoms with Gasteiger partial charge in [0.1, 0.15) is 0 Å². The fraction of sp³-hybridized carbons (Fsp3) is 0.500. The van der Waals surface area contributed by atoms with Crippen molar-refractivity contribution in [2.45, 2.75) is 115 Å². The van der Waals surface area contributed by atoms with Crippen molar-refractivity contribution in [3.8, 4) is 29.4 Å². The van der Waals surface area contributed by atoms with E-state index < -0.39 is 6.36 Å². The second kappa shape index (κ2) is 32.6. The number of halogens is 3. The molecule has 1 amide bonds. The zero-order valence-electron chi connectivity index (χ0n) is 42.3. The number of aromatic nitrogens is 5. The molecule has 0 aromatic carbocycles. The Labute approximate surface area is 397 Å². The fourth-order valence-corrected chi connectivity index (χ4v) is 5.71. The molecule has 5 heterocycles. The monoisotopic (exact) mass is 937 g/mol. The van der Waals surface area contributed by atoms with Crippen LogP contribution in [-0.2, 0) is 30.5 Å². The summed E-state index contributed by atoms with van der Waals surface area (Å²) in [6.07, 6.45) is 10.9. The Balaban J connectivity index is 0.000000419. The van der Waals surface area contributed by atoms with Gasteiger partial charge in [0.25, 0.3) is 0 Å². The Hall–Kier alpha value is -5.99. The molecular weight excluding hydrogens is 862 g/mol. The van der Waals surface area contributed by atoms with E-state index in [9.17, 15) is 18.0 Å². The van der Waals surface area contributed by atoms with Gasteiger partial charge in [-0.15, -0.1) is 0 Å². The molecule has 12 nitrogen and oxygen atoms in total. The summed E-state index contributed by atoms with van der Waals surface area (Å²) in [6.45, 7) is 24.3. The molecule has 0 saturated carbocycles. The molecule has 0 aliphatic heterocycles. The zero-order chi connectivity index (χ0) is 50.5. The molecule has 0 bridgehead atoms. The van der Waals surface area contributed by atoms with E-state index >= 15 is 0 Å². The smallest absolute Gasteiger partial charge is 0.250 e. The lowest BCUT2D eigenvalue weighted by Gasteiger charge is -2.07. The first-order valence-electron chi connectivity index (χ1n) is 22.7. The van der Waals surface area contributed by atoms with Crippen LogP contribution in [0.1, 0.15) is 105 Å². The lowest BCUT2D eigenvalue weighted by atomic mass is 10.1. The van der Waals surface area contributed by atoms with Gasteiger partial charge in [0, 0.05) is 55.8 Å². The van der Waals surface area contributed by atoms with Gasteiger partial charge in [-0.25, -0.2) is 38.1 Å². The van der Waals surface area contributed by atoms with E-state index in [0.717, 1.165) is 42.4 Å². The van der Waals surface area contributed by atoms with Crippen LogP contribution in [0.4, 0.5) is 18.9 Å². The highest BCUT2D eigenvalue weighted by molar-refractivity contribution is 5.91. The predicted octanol–water partition coefficient (Wildman–Crippen LogP) is 12.2. The summed E-state index contributed by atoms with van der Waals surface area (Å²) in [7, 11) is 4.59. The molecular formula is C52H75F3N6O6. The van der Waals surface area contributed by atoms with E-state index in [-0.39, 0.29) is 35.2 Å². The number of alkyl halides is 1. The van der Waals surface area contributed by atoms with Crippen molar-refractivity contribution in [1.29, 1.82) is 0 Å². The maximum absolute atomic E-state index is 13.3. The zero-order valence-corrected chi connectivity index (χ0v) is 42.3. The Kier molecular flexibility index (Phi) is 28.8. The second-order valence-electron chi connectivity index (χ2n) is 17.4. The van der Waals surface area contributed by atoms with Crippen molar-refractivity contribution in [3.05, 3.63) is 113 Å². The predicted molar refractivity (Wildman–Crippen MR) is 261 cm³/mol. The molecule has 0 spiro atoms. The van der Waals surface area contributed by atoms with Gasteiger partial charge in [0.15, 0.2) is 11.6 Å². The van der Waals surface area contributed by atoms with Crippen LogP contribution in [0.5, 0.6) is 29.4 Å². The van der Waals surface area contributed by atoms with Gasteiger partial charge >= 0.3 is 0 Å². The van der Waals surface area contributed by atoms with Crippen LogP contribution in [0.2, 0.25) is 0 Å². The van der Waals surface area contributed by atoms with E-state index in [1.165, 1.54) is 31.7 Å². The van der Waals surface area contributed by atoms with Crippen LogP contribution in [0, 0.1) is 41.2 Å². The molecule has 1 unspecified atom stereocenters. The normalized spacial score (nSPS) is 10.9. The summed E-state index contributed by atoms with van der Waals surface area (Å²) in [6, 6.07) is 14.0. The van der Waals surface area contributed by atoms with Gasteiger partial charge < -0.3 is 29.0 Å². The second-order valence-corrected chi connectivity index (χ2v) is 17.4. The molecule has 0 aliphatic carbocycles. The fourth-order valence-electron chi connectivity index (χ4n) is 5.71. The molecule has 5 rings (SSSR count). The Bertz CT molecular complexity index is 2060. The maximum Gasteiger partial charge on any atom is 0.250 e. The molecule has 5 aromatic rings. The first kappa shape index (κ1) is 59.0. The molecule has 5 aromatic heterocycles. The molecule has 0 radical (unpaired) electrons. The number of amides is 1. The van der Waals surface area contributed by atoms with Gasteiger partial charge in [-0.1, -0.05) is 81.4 Å². The molecule has 370 valence electrons. The number of carbonyl (C=O) groups excluding carboxylic acids is 1. The van der Waals surface area contributed by atoms with Gasteiger partial charge in [-0.05, 0) is 96.7 Å². The van der Waals surface area contributed by atoms with Crippen LogP contribution < -0.4 is 29.0 Å². The summed E-state index contributed by atoms with van der Waals surface area (Å²) in [4.78, 5) is 31.2. The number of nitrogens with one attached hydrogen (secondary N) is 1. The average Bonchev–Trinajstić information content (AvgIpc) is 3.26. The van der Waals surface area contributed by atoms with Crippen molar-refractivity contribution in [3.63, 3.8) is 0 Å². The van der Waals surface area contributed by atoms with Gasteiger partial charge in [0.05, 0.1) is 39.8 Å². The first-order valence-corrected chi connectivity index (χ1v) is 22.7. The van der Waals surface area contributed by atoms with Crippen molar-refractivity contribution >= 4 is 11.6 Å². The summed E-state index contributed by atoms with van der Waals surface area (Å²) in [5.74, 6) is 3.21. The molecule has 67 heavy (non-hydrogen) atoms. The van der Waals surface area contributed by atoms with Crippen molar-refractivity contribution < 1.29 is 41.7 Å². The van der Waals surface area contributed by atoms with Gasteiger partial charge in [0.2, 0.25) is 41.7 Å². The number of pyridine rings is 5. The maximum atomic E-state index is 13.3. The Morgan fingerprint density at radius 2 is 0.940 bits per heavy atom. The number of rotatable bonds is 17. The number of hydrogen-bond acceptors (Lipinski definition) is 11.